The lowest BCUT2D eigenvalue weighted by atomic mass is 9.80. The Kier molecular flexibility index (Phi) is 4.35. The Balaban J connectivity index is 2.08. The van der Waals surface area contributed by atoms with Crippen LogP contribution in [0.15, 0.2) is 18.2 Å². The lowest BCUT2D eigenvalue weighted by molar-refractivity contribution is -0.151. The molecule has 1 atom stereocenters. The molecular formula is C15H19ClFNO2. The normalized spacial score (nSPS) is 20.6. The molecule has 3 nitrogen and oxygen atoms in total. The highest BCUT2D eigenvalue weighted by Crippen LogP contribution is 2.36. The van der Waals surface area contributed by atoms with Gasteiger partial charge in [-0.2, -0.15) is 0 Å². The van der Waals surface area contributed by atoms with Crippen LogP contribution >= 0.6 is 11.6 Å². The molecule has 1 aromatic rings. The summed E-state index contributed by atoms with van der Waals surface area (Å²) >= 11 is 6.09. The van der Waals surface area contributed by atoms with Gasteiger partial charge in [0.25, 0.3) is 0 Å². The summed E-state index contributed by atoms with van der Waals surface area (Å²) in [4.78, 5) is 13.4. The van der Waals surface area contributed by atoms with Gasteiger partial charge in [-0.3, -0.25) is 9.69 Å². The van der Waals surface area contributed by atoms with Crippen molar-refractivity contribution in [2.75, 3.05) is 13.1 Å². The third-order valence-corrected chi connectivity index (χ3v) is 4.71. The number of piperidine rings is 1. The molecule has 1 aromatic carbocycles. The van der Waals surface area contributed by atoms with E-state index in [9.17, 15) is 14.3 Å². The van der Waals surface area contributed by atoms with Crippen LogP contribution in [0, 0.1) is 11.2 Å². The standard InChI is InChI=1S/C15H19ClFNO2/c1-10(12-4-3-11(17)9-13(12)16)18-7-5-15(2,6-8-18)14(19)20/h3-4,9-10H,5-8H2,1-2H3,(H,19,20). The van der Waals surface area contributed by atoms with Crippen LogP contribution in [-0.2, 0) is 4.79 Å². The highest BCUT2D eigenvalue weighted by atomic mass is 35.5. The lowest BCUT2D eigenvalue weighted by Crippen LogP contribution is -2.43. The molecule has 0 radical (unpaired) electrons. The summed E-state index contributed by atoms with van der Waals surface area (Å²) in [5.41, 5.74) is 0.245. The Morgan fingerprint density at radius 3 is 2.55 bits per heavy atom. The van der Waals surface area contributed by atoms with Gasteiger partial charge in [-0.15, -0.1) is 0 Å². The topological polar surface area (TPSA) is 40.5 Å². The summed E-state index contributed by atoms with van der Waals surface area (Å²) in [5.74, 6) is -1.08. The van der Waals surface area contributed by atoms with E-state index < -0.39 is 11.4 Å². The zero-order valence-electron chi connectivity index (χ0n) is 11.7. The maximum absolute atomic E-state index is 13.1. The Labute approximate surface area is 123 Å². The van der Waals surface area contributed by atoms with E-state index >= 15 is 0 Å². The molecule has 0 amide bonds. The first-order valence-corrected chi connectivity index (χ1v) is 7.14. The summed E-state index contributed by atoms with van der Waals surface area (Å²) in [6.45, 7) is 5.22. The second-order valence-electron chi connectivity index (χ2n) is 5.74. The van der Waals surface area contributed by atoms with Crippen molar-refractivity contribution in [1.29, 1.82) is 0 Å². The summed E-state index contributed by atoms with van der Waals surface area (Å²) in [6.07, 6.45) is 1.23. The number of likely N-dealkylation sites (tertiary alicyclic amines) is 1. The fraction of sp³-hybridized carbons (Fsp3) is 0.533. The number of hydrogen-bond donors (Lipinski definition) is 1. The monoisotopic (exact) mass is 299 g/mol. The van der Waals surface area contributed by atoms with Crippen molar-refractivity contribution in [2.24, 2.45) is 5.41 Å². The minimum Gasteiger partial charge on any atom is -0.481 e. The molecule has 1 aliphatic rings. The first kappa shape index (κ1) is 15.3. The van der Waals surface area contributed by atoms with E-state index in [0.29, 0.717) is 31.0 Å². The predicted octanol–water partition coefficient (Wildman–Crippen LogP) is 3.73. The molecule has 1 N–H and O–H groups in total. The summed E-state index contributed by atoms with van der Waals surface area (Å²) < 4.78 is 13.1. The van der Waals surface area contributed by atoms with E-state index in [0.717, 1.165) is 5.56 Å². The van der Waals surface area contributed by atoms with Gasteiger partial charge in [-0.1, -0.05) is 17.7 Å². The first-order chi connectivity index (χ1) is 9.33. The minimum atomic E-state index is -0.732. The highest BCUT2D eigenvalue weighted by Gasteiger charge is 2.38. The average molecular weight is 300 g/mol. The molecule has 1 unspecified atom stereocenters. The second-order valence-corrected chi connectivity index (χ2v) is 6.15. The Morgan fingerprint density at radius 2 is 2.05 bits per heavy atom. The quantitative estimate of drug-likeness (QED) is 0.924. The van der Waals surface area contributed by atoms with Gasteiger partial charge in [0.2, 0.25) is 0 Å². The van der Waals surface area contributed by atoms with Gasteiger partial charge in [0.1, 0.15) is 5.82 Å². The molecule has 0 spiro atoms. The van der Waals surface area contributed by atoms with Gasteiger partial charge in [-0.25, -0.2) is 4.39 Å². The van der Waals surface area contributed by atoms with Gasteiger partial charge in [0.05, 0.1) is 5.41 Å². The molecule has 0 saturated carbocycles. The van der Waals surface area contributed by atoms with Crippen LogP contribution < -0.4 is 0 Å². The number of nitrogens with zero attached hydrogens (tertiary/aromatic N) is 1. The number of carboxylic acid groups (broad SMARTS) is 1. The zero-order chi connectivity index (χ0) is 14.9. The van der Waals surface area contributed by atoms with Crippen molar-refractivity contribution in [1.82, 2.24) is 4.90 Å². The van der Waals surface area contributed by atoms with Crippen LogP contribution in [0.25, 0.3) is 0 Å². The van der Waals surface area contributed by atoms with Crippen LogP contribution in [0.2, 0.25) is 5.02 Å². The number of aliphatic carboxylic acids is 1. The Hall–Kier alpha value is -1.13. The largest absolute Gasteiger partial charge is 0.481 e. The van der Waals surface area contributed by atoms with Crippen LogP contribution in [0.3, 0.4) is 0 Å². The molecule has 1 saturated heterocycles. The molecule has 20 heavy (non-hydrogen) atoms. The van der Waals surface area contributed by atoms with Crippen LogP contribution in [0.1, 0.15) is 38.3 Å². The molecule has 2 rings (SSSR count). The highest BCUT2D eigenvalue weighted by molar-refractivity contribution is 6.31. The number of hydrogen-bond acceptors (Lipinski definition) is 2. The first-order valence-electron chi connectivity index (χ1n) is 6.76. The smallest absolute Gasteiger partial charge is 0.309 e. The van der Waals surface area contributed by atoms with E-state index in [4.69, 9.17) is 11.6 Å². The van der Waals surface area contributed by atoms with Gasteiger partial charge in [-0.05, 0) is 57.5 Å². The van der Waals surface area contributed by atoms with Crippen molar-refractivity contribution in [2.45, 2.75) is 32.7 Å². The van der Waals surface area contributed by atoms with E-state index in [-0.39, 0.29) is 11.9 Å². The molecule has 1 fully saturated rings. The van der Waals surface area contributed by atoms with Gasteiger partial charge >= 0.3 is 5.97 Å². The molecule has 0 bridgehead atoms. The Morgan fingerprint density at radius 1 is 1.45 bits per heavy atom. The zero-order valence-corrected chi connectivity index (χ0v) is 12.5. The van der Waals surface area contributed by atoms with E-state index in [1.165, 1.54) is 12.1 Å². The third kappa shape index (κ3) is 2.96. The average Bonchev–Trinajstić information content (AvgIpc) is 2.38. The van der Waals surface area contributed by atoms with Crippen molar-refractivity contribution >= 4 is 17.6 Å². The molecule has 5 heteroatoms. The number of carbonyl (C=O) groups is 1. The lowest BCUT2D eigenvalue weighted by Gasteiger charge is -2.39. The minimum absolute atomic E-state index is 0.0569. The van der Waals surface area contributed by atoms with Crippen molar-refractivity contribution < 1.29 is 14.3 Å². The van der Waals surface area contributed by atoms with E-state index in [1.54, 1.807) is 13.0 Å². The van der Waals surface area contributed by atoms with Crippen molar-refractivity contribution in [3.63, 3.8) is 0 Å². The fourth-order valence-corrected chi connectivity index (χ4v) is 2.98. The Bertz CT molecular complexity index is 513. The maximum Gasteiger partial charge on any atom is 0.309 e. The SMILES string of the molecule is CC(c1ccc(F)cc1Cl)N1CCC(C)(C(=O)O)CC1. The van der Waals surface area contributed by atoms with Gasteiger partial charge < -0.3 is 5.11 Å². The number of halogens is 2. The maximum atomic E-state index is 13.1. The van der Waals surface area contributed by atoms with Gasteiger partial charge in [0.15, 0.2) is 0 Å². The summed E-state index contributed by atoms with van der Waals surface area (Å²) in [6, 6.07) is 4.48. The second kappa shape index (κ2) is 5.70. The summed E-state index contributed by atoms with van der Waals surface area (Å²) in [7, 11) is 0. The van der Waals surface area contributed by atoms with E-state index in [2.05, 4.69) is 4.90 Å². The van der Waals surface area contributed by atoms with Crippen molar-refractivity contribution in [3.8, 4) is 0 Å². The van der Waals surface area contributed by atoms with Crippen molar-refractivity contribution in [3.05, 3.63) is 34.6 Å². The van der Waals surface area contributed by atoms with Crippen LogP contribution in [0.5, 0.6) is 0 Å². The molecule has 0 aromatic heterocycles. The number of benzene rings is 1. The molecule has 110 valence electrons. The van der Waals surface area contributed by atoms with E-state index in [1.807, 2.05) is 6.92 Å². The molecule has 0 aliphatic carbocycles. The van der Waals surface area contributed by atoms with Crippen LogP contribution in [0.4, 0.5) is 4.39 Å². The number of carboxylic acids is 1. The fourth-order valence-electron chi connectivity index (χ4n) is 2.66. The summed E-state index contributed by atoms with van der Waals surface area (Å²) in [5, 5.41) is 9.65. The number of rotatable bonds is 3. The molecule has 1 aliphatic heterocycles. The predicted molar refractivity (Wildman–Crippen MR) is 76.4 cm³/mol. The van der Waals surface area contributed by atoms with Crippen LogP contribution in [-0.4, -0.2) is 29.1 Å². The van der Waals surface area contributed by atoms with Gasteiger partial charge in [0, 0.05) is 11.1 Å². The molecule has 1 heterocycles. The molecular weight excluding hydrogens is 281 g/mol. The third-order valence-electron chi connectivity index (χ3n) is 4.38.